The van der Waals surface area contributed by atoms with E-state index < -0.39 is 0 Å². The Balaban J connectivity index is 1.39. The van der Waals surface area contributed by atoms with Crippen LogP contribution in [0.2, 0.25) is 0 Å². The second-order valence-corrected chi connectivity index (χ2v) is 9.45. The molecule has 0 atom stereocenters. The predicted octanol–water partition coefficient (Wildman–Crippen LogP) is 6.29. The minimum Gasteiger partial charge on any atom is -0.494 e. The molecular formula is C28H32N4O2. The number of nitrogens with zero attached hydrogens (tertiary/aromatic N) is 2. The van der Waals surface area contributed by atoms with Crippen LogP contribution in [0.3, 0.4) is 0 Å². The smallest absolute Gasteiger partial charge is 0.319 e. The van der Waals surface area contributed by atoms with E-state index in [2.05, 4.69) is 27.3 Å². The number of rotatable bonds is 7. The number of fused-ring (bicyclic) bond motifs is 1. The standard InChI is InChI=1S/C28H32N4O2/c1-2-34-23-14-15-24-25(18-29)26(32(27(24)17-23)22-8-5-9-22)16-19-10-12-21(13-11-19)31-28(33)30-20-6-3-4-7-20/h10-15,17,20,22H,2-9,16H2,1H3,(H2,30,31,33). The van der Waals surface area contributed by atoms with Crippen molar-refractivity contribution in [1.82, 2.24) is 9.88 Å². The zero-order valence-electron chi connectivity index (χ0n) is 19.8. The van der Waals surface area contributed by atoms with Gasteiger partial charge in [-0.25, -0.2) is 4.79 Å². The summed E-state index contributed by atoms with van der Waals surface area (Å²) in [6, 6.07) is 17.1. The molecule has 5 rings (SSSR count). The maximum atomic E-state index is 12.3. The van der Waals surface area contributed by atoms with Gasteiger partial charge in [-0.1, -0.05) is 25.0 Å². The Hall–Kier alpha value is -3.46. The first kappa shape index (κ1) is 22.3. The molecule has 0 bridgehead atoms. The Bertz CT molecular complexity index is 1210. The second kappa shape index (κ2) is 9.80. The molecule has 2 aliphatic rings. The van der Waals surface area contributed by atoms with E-state index in [1.807, 2.05) is 43.3 Å². The minimum absolute atomic E-state index is 0.137. The van der Waals surface area contributed by atoms with Crippen molar-refractivity contribution in [3.05, 3.63) is 59.3 Å². The molecular weight excluding hydrogens is 424 g/mol. The number of urea groups is 1. The van der Waals surface area contributed by atoms with Crippen LogP contribution in [0.1, 0.15) is 74.7 Å². The molecule has 3 aromatic rings. The number of carbonyl (C=O) groups excluding carboxylic acids is 1. The van der Waals surface area contributed by atoms with Gasteiger partial charge in [0, 0.05) is 41.3 Å². The van der Waals surface area contributed by atoms with Gasteiger partial charge in [-0.2, -0.15) is 5.26 Å². The highest BCUT2D eigenvalue weighted by atomic mass is 16.5. The summed E-state index contributed by atoms with van der Waals surface area (Å²) in [4.78, 5) is 12.3. The maximum Gasteiger partial charge on any atom is 0.319 e. The van der Waals surface area contributed by atoms with Crippen LogP contribution < -0.4 is 15.4 Å². The summed E-state index contributed by atoms with van der Waals surface area (Å²) in [5.41, 5.74) is 4.80. The molecule has 2 aromatic carbocycles. The lowest BCUT2D eigenvalue weighted by Crippen LogP contribution is -2.36. The van der Waals surface area contributed by atoms with Crippen LogP contribution in [0.15, 0.2) is 42.5 Å². The van der Waals surface area contributed by atoms with Crippen molar-refractivity contribution < 1.29 is 9.53 Å². The molecule has 2 saturated carbocycles. The maximum absolute atomic E-state index is 12.3. The molecule has 0 saturated heterocycles. The summed E-state index contributed by atoms with van der Waals surface area (Å²) in [5, 5.41) is 17.1. The lowest BCUT2D eigenvalue weighted by molar-refractivity contribution is 0.248. The third kappa shape index (κ3) is 4.48. The van der Waals surface area contributed by atoms with Crippen LogP contribution in [0.5, 0.6) is 5.75 Å². The molecule has 0 radical (unpaired) electrons. The first-order valence-corrected chi connectivity index (χ1v) is 12.5. The van der Waals surface area contributed by atoms with Crippen LogP contribution in [0.4, 0.5) is 10.5 Å². The number of aromatic nitrogens is 1. The number of nitriles is 1. The summed E-state index contributed by atoms with van der Waals surface area (Å²) >= 11 is 0. The van der Waals surface area contributed by atoms with Gasteiger partial charge >= 0.3 is 6.03 Å². The molecule has 6 heteroatoms. The van der Waals surface area contributed by atoms with E-state index in [0.717, 1.165) is 64.8 Å². The van der Waals surface area contributed by atoms with Gasteiger partial charge in [0.05, 0.1) is 17.7 Å². The van der Waals surface area contributed by atoms with E-state index in [1.165, 1.54) is 19.3 Å². The highest BCUT2D eigenvalue weighted by Crippen LogP contribution is 2.40. The van der Waals surface area contributed by atoms with E-state index >= 15 is 0 Å². The monoisotopic (exact) mass is 456 g/mol. The Morgan fingerprint density at radius 1 is 1.09 bits per heavy atom. The van der Waals surface area contributed by atoms with Crippen molar-refractivity contribution in [3.63, 3.8) is 0 Å². The fourth-order valence-corrected chi connectivity index (χ4v) is 5.28. The van der Waals surface area contributed by atoms with Gasteiger partial charge in [0.25, 0.3) is 0 Å². The Morgan fingerprint density at radius 2 is 1.85 bits per heavy atom. The number of ether oxygens (including phenoxy) is 1. The third-order valence-corrected chi connectivity index (χ3v) is 7.21. The van der Waals surface area contributed by atoms with Crippen molar-refractivity contribution >= 4 is 22.6 Å². The predicted molar refractivity (Wildman–Crippen MR) is 134 cm³/mol. The molecule has 1 aromatic heterocycles. The van der Waals surface area contributed by atoms with Crippen LogP contribution in [-0.4, -0.2) is 23.2 Å². The summed E-state index contributed by atoms with van der Waals surface area (Å²) < 4.78 is 8.13. The molecule has 176 valence electrons. The average molecular weight is 457 g/mol. The first-order valence-electron chi connectivity index (χ1n) is 12.5. The van der Waals surface area contributed by atoms with Crippen LogP contribution in [0.25, 0.3) is 10.9 Å². The number of carbonyl (C=O) groups is 1. The van der Waals surface area contributed by atoms with E-state index in [1.54, 1.807) is 0 Å². The Morgan fingerprint density at radius 3 is 2.50 bits per heavy atom. The largest absolute Gasteiger partial charge is 0.494 e. The highest BCUT2D eigenvalue weighted by molar-refractivity contribution is 5.90. The van der Waals surface area contributed by atoms with E-state index in [4.69, 9.17) is 4.74 Å². The zero-order chi connectivity index (χ0) is 23.5. The normalized spacial score (nSPS) is 16.2. The van der Waals surface area contributed by atoms with Crippen LogP contribution >= 0.6 is 0 Å². The molecule has 0 unspecified atom stereocenters. The topological polar surface area (TPSA) is 79.1 Å². The van der Waals surface area contributed by atoms with Gasteiger partial charge in [-0.05, 0) is 68.9 Å². The summed E-state index contributed by atoms with van der Waals surface area (Å²) in [6.07, 6.45) is 8.68. The number of hydrogen-bond donors (Lipinski definition) is 2. The molecule has 2 fully saturated rings. The van der Waals surface area contributed by atoms with Crippen molar-refractivity contribution in [2.24, 2.45) is 0 Å². The molecule has 2 N–H and O–H groups in total. The number of anilines is 1. The summed E-state index contributed by atoms with van der Waals surface area (Å²) in [6.45, 7) is 2.60. The van der Waals surface area contributed by atoms with Gasteiger partial charge < -0.3 is 19.9 Å². The molecule has 2 amide bonds. The lowest BCUT2D eigenvalue weighted by atomic mass is 9.92. The van der Waals surface area contributed by atoms with Crippen LogP contribution in [-0.2, 0) is 6.42 Å². The number of hydrogen-bond acceptors (Lipinski definition) is 3. The van der Waals surface area contributed by atoms with Gasteiger partial charge in [0.15, 0.2) is 0 Å². The Labute approximate surface area is 200 Å². The molecule has 2 aliphatic carbocycles. The fourth-order valence-electron chi connectivity index (χ4n) is 5.28. The van der Waals surface area contributed by atoms with E-state index in [-0.39, 0.29) is 6.03 Å². The average Bonchev–Trinajstić information content (AvgIpc) is 3.40. The molecule has 0 aliphatic heterocycles. The summed E-state index contributed by atoms with van der Waals surface area (Å²) in [7, 11) is 0. The Kier molecular flexibility index (Phi) is 6.44. The summed E-state index contributed by atoms with van der Waals surface area (Å²) in [5.74, 6) is 0.843. The lowest BCUT2D eigenvalue weighted by Gasteiger charge is -2.30. The van der Waals surface area contributed by atoms with E-state index in [9.17, 15) is 10.1 Å². The van der Waals surface area contributed by atoms with Crippen molar-refractivity contribution in [3.8, 4) is 11.8 Å². The first-order chi connectivity index (χ1) is 16.7. The highest BCUT2D eigenvalue weighted by Gasteiger charge is 2.27. The van der Waals surface area contributed by atoms with Gasteiger partial charge in [-0.15, -0.1) is 0 Å². The van der Waals surface area contributed by atoms with Gasteiger partial charge in [-0.3, -0.25) is 0 Å². The fraction of sp³-hybridized carbons (Fsp3) is 0.429. The zero-order valence-corrected chi connectivity index (χ0v) is 19.8. The second-order valence-electron chi connectivity index (χ2n) is 9.45. The number of nitrogens with one attached hydrogen (secondary N) is 2. The number of benzene rings is 2. The van der Waals surface area contributed by atoms with Gasteiger partial charge in [0.1, 0.15) is 11.8 Å². The number of amides is 2. The van der Waals surface area contributed by atoms with Gasteiger partial charge in [0.2, 0.25) is 0 Å². The molecule has 0 spiro atoms. The van der Waals surface area contributed by atoms with E-state index in [0.29, 0.717) is 25.1 Å². The molecule has 6 nitrogen and oxygen atoms in total. The molecule has 34 heavy (non-hydrogen) atoms. The minimum atomic E-state index is -0.137. The third-order valence-electron chi connectivity index (χ3n) is 7.21. The van der Waals surface area contributed by atoms with Crippen molar-refractivity contribution in [2.75, 3.05) is 11.9 Å². The SMILES string of the molecule is CCOc1ccc2c(C#N)c(Cc3ccc(NC(=O)NC4CCCC4)cc3)n(C3CCC3)c2c1. The molecule has 1 heterocycles. The quantitative estimate of drug-likeness (QED) is 0.438. The van der Waals surface area contributed by atoms with Crippen molar-refractivity contribution in [1.29, 1.82) is 5.26 Å². The van der Waals surface area contributed by atoms with Crippen molar-refractivity contribution in [2.45, 2.75) is 70.4 Å². The van der Waals surface area contributed by atoms with Crippen LogP contribution in [0, 0.1) is 11.3 Å².